The molecule has 1 amide bonds. The molecule has 1 saturated heterocycles. The van der Waals surface area contributed by atoms with Gasteiger partial charge in [-0.1, -0.05) is 60.7 Å². The van der Waals surface area contributed by atoms with Crippen LogP contribution >= 0.6 is 0 Å². The van der Waals surface area contributed by atoms with Crippen molar-refractivity contribution in [1.82, 2.24) is 9.80 Å². The van der Waals surface area contributed by atoms with E-state index in [4.69, 9.17) is 4.74 Å². The zero-order valence-corrected chi connectivity index (χ0v) is 14.1. The first-order valence-electron chi connectivity index (χ1n) is 8.38. The van der Waals surface area contributed by atoms with Gasteiger partial charge in [-0.05, 0) is 18.2 Å². The summed E-state index contributed by atoms with van der Waals surface area (Å²) in [6.45, 7) is 3.09. The van der Waals surface area contributed by atoms with Gasteiger partial charge in [0.1, 0.15) is 6.61 Å². The van der Waals surface area contributed by atoms with E-state index in [0.717, 1.165) is 25.2 Å². The van der Waals surface area contributed by atoms with Crippen LogP contribution < -0.4 is 0 Å². The van der Waals surface area contributed by atoms with Crippen molar-refractivity contribution < 1.29 is 9.53 Å². The topological polar surface area (TPSA) is 32.8 Å². The first-order valence-corrected chi connectivity index (χ1v) is 8.38. The summed E-state index contributed by atoms with van der Waals surface area (Å²) in [5.41, 5.74) is 2.27. The molecule has 2 aromatic carbocycles. The first kappa shape index (κ1) is 16.7. The number of nitrogens with zero attached hydrogens (tertiary/aromatic N) is 2. The fraction of sp³-hybridized carbons (Fsp3) is 0.350. The summed E-state index contributed by atoms with van der Waals surface area (Å²) >= 11 is 0. The van der Waals surface area contributed by atoms with Crippen LogP contribution in [-0.4, -0.2) is 49.0 Å². The third-order valence-electron chi connectivity index (χ3n) is 4.43. The predicted octanol–water partition coefficient (Wildman–Crippen LogP) is 2.72. The van der Waals surface area contributed by atoms with E-state index in [9.17, 15) is 4.79 Å². The minimum atomic E-state index is 0.0629. The second-order valence-electron chi connectivity index (χ2n) is 6.25. The first-order chi connectivity index (χ1) is 11.7. The summed E-state index contributed by atoms with van der Waals surface area (Å²) in [5, 5.41) is 0. The van der Waals surface area contributed by atoms with Crippen molar-refractivity contribution in [2.45, 2.75) is 12.6 Å². The standard InChI is InChI=1S/C20H24N2O2/c1-21-12-13-22(19(14-21)18-10-6-3-7-11-18)20(23)16-24-15-17-8-4-2-5-9-17/h2-11,19H,12-16H2,1H3. The summed E-state index contributed by atoms with van der Waals surface area (Å²) in [7, 11) is 2.10. The maximum Gasteiger partial charge on any atom is 0.249 e. The van der Waals surface area contributed by atoms with Crippen LogP contribution in [0.2, 0.25) is 0 Å². The van der Waals surface area contributed by atoms with Gasteiger partial charge in [0.2, 0.25) is 5.91 Å². The highest BCUT2D eigenvalue weighted by molar-refractivity contribution is 5.78. The van der Waals surface area contributed by atoms with Gasteiger partial charge in [0.05, 0.1) is 12.6 Å². The molecular formula is C20H24N2O2. The van der Waals surface area contributed by atoms with E-state index in [2.05, 4.69) is 24.1 Å². The minimum Gasteiger partial charge on any atom is -0.367 e. The molecule has 3 rings (SSSR count). The van der Waals surface area contributed by atoms with Crippen LogP contribution in [0.4, 0.5) is 0 Å². The molecule has 0 saturated carbocycles. The molecule has 1 aliphatic rings. The molecular weight excluding hydrogens is 300 g/mol. The molecule has 0 N–H and O–H groups in total. The molecule has 1 fully saturated rings. The molecule has 1 atom stereocenters. The normalized spacial score (nSPS) is 18.5. The van der Waals surface area contributed by atoms with Crippen LogP contribution in [0.3, 0.4) is 0 Å². The molecule has 0 bridgehead atoms. The second kappa shape index (κ2) is 8.08. The van der Waals surface area contributed by atoms with Gasteiger partial charge in [0, 0.05) is 19.6 Å². The van der Waals surface area contributed by atoms with Crippen LogP contribution in [0, 0.1) is 0 Å². The zero-order valence-electron chi connectivity index (χ0n) is 14.1. The summed E-state index contributed by atoms with van der Waals surface area (Å²) in [4.78, 5) is 16.9. The molecule has 1 unspecified atom stereocenters. The number of piperazine rings is 1. The fourth-order valence-corrected chi connectivity index (χ4v) is 3.09. The lowest BCUT2D eigenvalue weighted by Crippen LogP contribution is -2.50. The van der Waals surface area contributed by atoms with E-state index in [1.165, 1.54) is 5.56 Å². The fourth-order valence-electron chi connectivity index (χ4n) is 3.09. The van der Waals surface area contributed by atoms with Crippen molar-refractivity contribution in [2.24, 2.45) is 0 Å². The van der Waals surface area contributed by atoms with Gasteiger partial charge >= 0.3 is 0 Å². The van der Waals surface area contributed by atoms with Crippen molar-refractivity contribution in [3.05, 3.63) is 71.8 Å². The number of hydrogen-bond acceptors (Lipinski definition) is 3. The number of likely N-dealkylation sites (N-methyl/N-ethyl adjacent to an activating group) is 1. The van der Waals surface area contributed by atoms with Gasteiger partial charge in [-0.25, -0.2) is 0 Å². The van der Waals surface area contributed by atoms with Crippen LogP contribution in [0.1, 0.15) is 17.2 Å². The largest absolute Gasteiger partial charge is 0.367 e. The van der Waals surface area contributed by atoms with E-state index in [1.54, 1.807) is 0 Å². The molecule has 4 nitrogen and oxygen atoms in total. The van der Waals surface area contributed by atoms with E-state index in [0.29, 0.717) is 6.61 Å². The van der Waals surface area contributed by atoms with E-state index in [1.807, 2.05) is 53.4 Å². The van der Waals surface area contributed by atoms with Crippen molar-refractivity contribution in [3.63, 3.8) is 0 Å². The SMILES string of the molecule is CN1CCN(C(=O)COCc2ccccc2)C(c2ccccc2)C1. The lowest BCUT2D eigenvalue weighted by molar-refractivity contribution is -0.141. The molecule has 0 spiro atoms. The minimum absolute atomic E-state index is 0.0629. The number of hydrogen-bond donors (Lipinski definition) is 0. The monoisotopic (exact) mass is 324 g/mol. The van der Waals surface area contributed by atoms with Crippen LogP contribution in [0.25, 0.3) is 0 Å². The Hall–Kier alpha value is -2.17. The highest BCUT2D eigenvalue weighted by atomic mass is 16.5. The number of rotatable bonds is 5. The third-order valence-corrected chi connectivity index (χ3v) is 4.43. The zero-order chi connectivity index (χ0) is 16.8. The summed E-state index contributed by atoms with van der Waals surface area (Å²) in [6.07, 6.45) is 0. The van der Waals surface area contributed by atoms with E-state index < -0.39 is 0 Å². The van der Waals surface area contributed by atoms with E-state index in [-0.39, 0.29) is 18.6 Å². The van der Waals surface area contributed by atoms with Crippen LogP contribution in [0.15, 0.2) is 60.7 Å². The Bertz CT molecular complexity index is 645. The second-order valence-corrected chi connectivity index (χ2v) is 6.25. The van der Waals surface area contributed by atoms with Gasteiger partial charge in [-0.15, -0.1) is 0 Å². The number of amides is 1. The molecule has 1 heterocycles. The highest BCUT2D eigenvalue weighted by Gasteiger charge is 2.29. The number of benzene rings is 2. The molecule has 0 aliphatic carbocycles. The van der Waals surface area contributed by atoms with Gasteiger partial charge in [-0.3, -0.25) is 4.79 Å². The van der Waals surface area contributed by atoms with Gasteiger partial charge in [0.25, 0.3) is 0 Å². The van der Waals surface area contributed by atoms with E-state index >= 15 is 0 Å². The van der Waals surface area contributed by atoms with Crippen molar-refractivity contribution in [3.8, 4) is 0 Å². The highest BCUT2D eigenvalue weighted by Crippen LogP contribution is 2.24. The molecule has 24 heavy (non-hydrogen) atoms. The van der Waals surface area contributed by atoms with Crippen molar-refractivity contribution in [2.75, 3.05) is 33.3 Å². The van der Waals surface area contributed by atoms with Crippen LogP contribution in [-0.2, 0) is 16.1 Å². The maximum absolute atomic E-state index is 12.7. The van der Waals surface area contributed by atoms with Gasteiger partial charge < -0.3 is 14.5 Å². The lowest BCUT2D eigenvalue weighted by atomic mass is 10.0. The van der Waals surface area contributed by atoms with Crippen molar-refractivity contribution >= 4 is 5.91 Å². The predicted molar refractivity (Wildman–Crippen MR) is 94.5 cm³/mol. The van der Waals surface area contributed by atoms with Gasteiger partial charge in [-0.2, -0.15) is 0 Å². The number of carbonyl (C=O) groups excluding carboxylic acids is 1. The smallest absolute Gasteiger partial charge is 0.249 e. The quantitative estimate of drug-likeness (QED) is 0.848. The summed E-state index contributed by atoms with van der Waals surface area (Å²) in [5.74, 6) is 0.0629. The maximum atomic E-state index is 12.7. The molecule has 2 aromatic rings. The Balaban J connectivity index is 1.61. The van der Waals surface area contributed by atoms with Crippen LogP contribution in [0.5, 0.6) is 0 Å². The average molecular weight is 324 g/mol. The number of ether oxygens (including phenoxy) is 1. The summed E-state index contributed by atoms with van der Waals surface area (Å²) in [6, 6.07) is 20.3. The summed E-state index contributed by atoms with van der Waals surface area (Å²) < 4.78 is 5.64. The molecule has 1 aliphatic heterocycles. The Morgan fingerprint density at radius 3 is 2.42 bits per heavy atom. The Kier molecular flexibility index (Phi) is 5.62. The Labute approximate surface area is 143 Å². The Morgan fingerprint density at radius 1 is 1.04 bits per heavy atom. The van der Waals surface area contributed by atoms with Crippen molar-refractivity contribution in [1.29, 1.82) is 0 Å². The molecule has 4 heteroatoms. The number of carbonyl (C=O) groups is 1. The molecule has 0 aromatic heterocycles. The molecule has 126 valence electrons. The Morgan fingerprint density at radius 2 is 1.71 bits per heavy atom. The third kappa shape index (κ3) is 4.22. The molecule has 0 radical (unpaired) electrons. The lowest BCUT2D eigenvalue weighted by Gasteiger charge is -2.40. The average Bonchev–Trinajstić information content (AvgIpc) is 2.63. The van der Waals surface area contributed by atoms with Gasteiger partial charge in [0.15, 0.2) is 0 Å².